The fraction of sp³-hybridized carbons (Fsp3) is 0. The van der Waals surface area contributed by atoms with Crippen LogP contribution in [0.5, 0.6) is 0 Å². The highest BCUT2D eigenvalue weighted by Gasteiger charge is 2.10. The van der Waals surface area contributed by atoms with E-state index in [-0.39, 0.29) is 5.78 Å². The van der Waals surface area contributed by atoms with Gasteiger partial charge in [-0.25, -0.2) is 0 Å². The summed E-state index contributed by atoms with van der Waals surface area (Å²) in [5.41, 5.74) is 1.69. The Hall–Kier alpha value is -2.24. The minimum atomic E-state index is 0.000651. The van der Waals surface area contributed by atoms with Crippen LogP contribution in [0.4, 0.5) is 0 Å². The number of hydrogen-bond donors (Lipinski definition) is 0. The van der Waals surface area contributed by atoms with Crippen LogP contribution in [0, 0.1) is 6.08 Å². The fourth-order valence-electron chi connectivity index (χ4n) is 1.38. The van der Waals surface area contributed by atoms with Gasteiger partial charge in [0.2, 0.25) is 5.78 Å². The summed E-state index contributed by atoms with van der Waals surface area (Å²) in [5.74, 6) is 0.000651. The number of rotatable bonds is 3. The molecular weight excluding hydrogens is 196 g/mol. The second-order valence-corrected chi connectivity index (χ2v) is 3.40. The number of ketones is 1. The summed E-state index contributed by atoms with van der Waals surface area (Å²) >= 11 is 0. The second-order valence-electron chi connectivity index (χ2n) is 3.40. The first-order valence-electron chi connectivity index (χ1n) is 5.10. The largest absolute Gasteiger partial charge is 0.273 e. The average Bonchev–Trinajstić information content (AvgIpc) is 2.38. The molecule has 0 atom stereocenters. The van der Waals surface area contributed by atoms with Crippen molar-refractivity contribution in [3.63, 3.8) is 0 Å². The Morgan fingerprint density at radius 2 is 2.00 bits per heavy atom. The number of hydrogen-bond acceptors (Lipinski definition) is 1. The molecule has 16 heavy (non-hydrogen) atoms. The van der Waals surface area contributed by atoms with Crippen molar-refractivity contribution in [1.29, 1.82) is 0 Å². The van der Waals surface area contributed by atoms with E-state index in [1.54, 1.807) is 24.3 Å². The maximum atomic E-state index is 11.7. The zero-order valence-corrected chi connectivity index (χ0v) is 8.76. The molecule has 1 heteroatoms. The Kier molecular flexibility index (Phi) is 3.22. The van der Waals surface area contributed by atoms with Crippen LogP contribution in [0.1, 0.15) is 5.56 Å². The van der Waals surface area contributed by atoms with E-state index in [9.17, 15) is 4.79 Å². The zero-order chi connectivity index (χ0) is 11.2. The van der Waals surface area contributed by atoms with Crippen LogP contribution in [-0.2, 0) is 4.79 Å². The van der Waals surface area contributed by atoms with E-state index in [4.69, 9.17) is 0 Å². The maximum Gasteiger partial charge on any atom is 0.241 e. The Bertz CT molecular complexity index is 487. The molecule has 0 heterocycles. The summed E-state index contributed by atoms with van der Waals surface area (Å²) in [4.78, 5) is 11.7. The number of allylic oxidation sites excluding steroid dienone is 7. The van der Waals surface area contributed by atoms with Crippen molar-refractivity contribution in [2.75, 3.05) is 0 Å². The predicted molar refractivity (Wildman–Crippen MR) is 65.5 cm³/mol. The number of carbonyl (C=O) groups is 1. The summed E-state index contributed by atoms with van der Waals surface area (Å²) in [7, 11) is 0. The fourth-order valence-corrected chi connectivity index (χ4v) is 1.38. The summed E-state index contributed by atoms with van der Waals surface area (Å²) < 4.78 is 0. The Morgan fingerprint density at radius 1 is 1.19 bits per heavy atom. The van der Waals surface area contributed by atoms with Crippen LogP contribution < -0.4 is 0 Å². The van der Waals surface area contributed by atoms with Crippen molar-refractivity contribution in [2.24, 2.45) is 0 Å². The first-order valence-corrected chi connectivity index (χ1v) is 5.10. The van der Waals surface area contributed by atoms with Crippen molar-refractivity contribution in [3.05, 3.63) is 77.9 Å². The second kappa shape index (κ2) is 5.01. The van der Waals surface area contributed by atoms with Gasteiger partial charge in [-0.1, -0.05) is 30.3 Å². The van der Waals surface area contributed by atoms with Gasteiger partial charge in [-0.3, -0.25) is 4.79 Å². The van der Waals surface area contributed by atoms with E-state index >= 15 is 0 Å². The van der Waals surface area contributed by atoms with Gasteiger partial charge in [0.15, 0.2) is 0 Å². The Morgan fingerprint density at radius 3 is 2.69 bits per heavy atom. The molecule has 0 aromatic heterocycles. The molecule has 0 saturated carbocycles. The molecule has 0 spiro atoms. The monoisotopic (exact) mass is 207 g/mol. The van der Waals surface area contributed by atoms with Crippen molar-refractivity contribution in [3.8, 4) is 0 Å². The molecule has 0 amide bonds. The zero-order valence-electron chi connectivity index (χ0n) is 8.76. The first kappa shape index (κ1) is 10.3. The van der Waals surface area contributed by atoms with Crippen molar-refractivity contribution < 1.29 is 4.79 Å². The van der Waals surface area contributed by atoms with Gasteiger partial charge in [-0.2, -0.15) is 0 Å². The molecule has 1 aromatic rings. The quantitative estimate of drug-likeness (QED) is 0.549. The lowest BCUT2D eigenvalue weighted by Gasteiger charge is -1.91. The molecule has 1 aromatic carbocycles. The van der Waals surface area contributed by atoms with Gasteiger partial charge < -0.3 is 0 Å². The molecule has 0 fully saturated rings. The van der Waals surface area contributed by atoms with Gasteiger partial charge in [-0.15, -0.1) is 0 Å². The van der Waals surface area contributed by atoms with Crippen LogP contribution >= 0.6 is 0 Å². The highest BCUT2D eigenvalue weighted by Crippen LogP contribution is 2.07. The van der Waals surface area contributed by atoms with Gasteiger partial charge in [0.05, 0.1) is 6.08 Å². The predicted octanol–water partition coefficient (Wildman–Crippen LogP) is 3.12. The molecule has 1 aliphatic carbocycles. The van der Waals surface area contributed by atoms with Crippen LogP contribution in [0.3, 0.4) is 0 Å². The molecule has 1 nitrogen and oxygen atoms in total. The van der Waals surface area contributed by atoms with Gasteiger partial charge in [0.25, 0.3) is 0 Å². The number of benzene rings is 1. The van der Waals surface area contributed by atoms with Gasteiger partial charge in [0, 0.05) is 18.2 Å². The van der Waals surface area contributed by atoms with Gasteiger partial charge in [-0.05, 0) is 11.6 Å². The van der Waals surface area contributed by atoms with Gasteiger partial charge >= 0.3 is 0 Å². The lowest BCUT2D eigenvalue weighted by atomic mass is 10.1. The Labute approximate surface area is 95.1 Å². The minimum Gasteiger partial charge on any atom is -0.273 e. The van der Waals surface area contributed by atoms with Crippen molar-refractivity contribution >= 4 is 11.9 Å². The third kappa shape index (κ3) is 2.63. The molecule has 0 bridgehead atoms. The topological polar surface area (TPSA) is 17.1 Å². The lowest BCUT2D eigenvalue weighted by molar-refractivity contribution is -0.111. The highest BCUT2D eigenvalue weighted by molar-refractivity contribution is 6.08. The van der Waals surface area contributed by atoms with Crippen LogP contribution in [-0.4, -0.2) is 5.78 Å². The SMILES string of the molecule is O=C(/C=C/c1ccccc1)C1=CC=C[C+]=C1. The molecule has 1 aliphatic rings. The first-order chi connectivity index (χ1) is 7.86. The smallest absolute Gasteiger partial charge is 0.241 e. The standard InChI is InChI=1S/C15H11O/c16-15(14-9-5-2-6-10-14)12-11-13-7-3-1-4-8-13/h1-5,7-12H/q+1/b12-11+. The molecule has 2 rings (SSSR count). The third-order valence-corrected chi connectivity index (χ3v) is 2.22. The average molecular weight is 207 g/mol. The van der Waals surface area contributed by atoms with Crippen molar-refractivity contribution in [1.82, 2.24) is 0 Å². The molecule has 0 unspecified atom stereocenters. The summed E-state index contributed by atoms with van der Waals surface area (Å²) in [5, 5.41) is 0. The molecular formula is C15H11O+. The molecule has 0 aliphatic heterocycles. The third-order valence-electron chi connectivity index (χ3n) is 2.22. The van der Waals surface area contributed by atoms with Crippen LogP contribution in [0.2, 0.25) is 0 Å². The van der Waals surface area contributed by atoms with Crippen molar-refractivity contribution in [2.45, 2.75) is 0 Å². The van der Waals surface area contributed by atoms with E-state index in [0.717, 1.165) is 5.56 Å². The van der Waals surface area contributed by atoms with E-state index < -0.39 is 0 Å². The van der Waals surface area contributed by atoms with E-state index in [2.05, 4.69) is 6.08 Å². The lowest BCUT2D eigenvalue weighted by Crippen LogP contribution is -1.96. The Balaban J connectivity index is 2.08. The van der Waals surface area contributed by atoms with Gasteiger partial charge in [0.1, 0.15) is 17.7 Å². The molecule has 0 N–H and O–H groups in total. The van der Waals surface area contributed by atoms with E-state index in [1.165, 1.54) is 0 Å². The molecule has 76 valence electrons. The normalized spacial score (nSPS) is 13.6. The summed E-state index contributed by atoms with van der Waals surface area (Å²) in [6, 6.07) is 9.76. The summed E-state index contributed by atoms with van der Waals surface area (Å²) in [6.07, 6.45) is 13.3. The minimum absolute atomic E-state index is 0.000651. The summed E-state index contributed by atoms with van der Waals surface area (Å²) in [6.45, 7) is 0. The molecule has 0 radical (unpaired) electrons. The number of carbonyl (C=O) groups excluding carboxylic acids is 1. The van der Waals surface area contributed by atoms with Crippen LogP contribution in [0.25, 0.3) is 6.08 Å². The van der Waals surface area contributed by atoms with E-state index in [1.807, 2.05) is 42.5 Å². The highest BCUT2D eigenvalue weighted by atomic mass is 16.1. The maximum absolute atomic E-state index is 11.7. The molecule has 0 saturated heterocycles. The van der Waals surface area contributed by atoms with E-state index in [0.29, 0.717) is 5.57 Å². The van der Waals surface area contributed by atoms with Crippen LogP contribution in [0.15, 0.2) is 66.3 Å².